The molecule has 3 rings (SSSR count). The van der Waals surface area contributed by atoms with E-state index in [-0.39, 0.29) is 12.4 Å². The summed E-state index contributed by atoms with van der Waals surface area (Å²) in [5, 5.41) is 1.18. The van der Waals surface area contributed by atoms with E-state index in [1.165, 1.54) is 22.1 Å². The van der Waals surface area contributed by atoms with Crippen LogP contribution < -0.4 is 9.46 Å². The number of benzene rings is 2. The number of hydrogen-bond acceptors (Lipinski definition) is 3. The van der Waals surface area contributed by atoms with Crippen LogP contribution in [0.25, 0.3) is 10.9 Å². The van der Waals surface area contributed by atoms with E-state index < -0.39 is 10.0 Å². The normalized spacial score (nSPS) is 11.8. The molecule has 5 nitrogen and oxygen atoms in total. The van der Waals surface area contributed by atoms with Crippen molar-refractivity contribution in [3.05, 3.63) is 64.8 Å². The third kappa shape index (κ3) is 4.90. The van der Waals surface area contributed by atoms with E-state index in [2.05, 4.69) is 35.7 Å². The highest BCUT2D eigenvalue weighted by atomic mass is 32.2. The number of sulfonamides is 1. The Morgan fingerprint density at radius 1 is 1.07 bits per heavy atom. The molecule has 0 aliphatic heterocycles. The van der Waals surface area contributed by atoms with Gasteiger partial charge in [0.2, 0.25) is 10.0 Å². The SMILES string of the molecule is Cc1cc(C)c2[nH]c(C)c(CCNS(=O)(=O)CCOc3ccccc3)c2c1. The van der Waals surface area contributed by atoms with Gasteiger partial charge in [0.15, 0.2) is 0 Å². The lowest BCUT2D eigenvalue weighted by Gasteiger charge is -2.09. The van der Waals surface area contributed by atoms with Crippen LogP contribution in [-0.2, 0) is 16.4 Å². The molecule has 0 radical (unpaired) electrons. The summed E-state index contributed by atoms with van der Waals surface area (Å²) in [5.41, 5.74) is 5.80. The lowest BCUT2D eigenvalue weighted by Crippen LogP contribution is -2.30. The van der Waals surface area contributed by atoms with Crippen molar-refractivity contribution >= 4 is 20.9 Å². The minimum absolute atomic E-state index is 0.0625. The van der Waals surface area contributed by atoms with Crippen LogP contribution in [0.4, 0.5) is 0 Å². The summed E-state index contributed by atoms with van der Waals surface area (Å²) in [6.07, 6.45) is 0.646. The number of para-hydroxylation sites is 1. The fourth-order valence-corrected chi connectivity index (χ4v) is 4.21. The van der Waals surface area contributed by atoms with Crippen LogP contribution in [0.2, 0.25) is 0 Å². The molecule has 0 aliphatic carbocycles. The first kappa shape index (κ1) is 19.5. The van der Waals surface area contributed by atoms with Crippen LogP contribution >= 0.6 is 0 Å². The number of nitrogens with one attached hydrogen (secondary N) is 2. The number of ether oxygens (including phenoxy) is 1. The van der Waals surface area contributed by atoms with Crippen molar-refractivity contribution in [2.75, 3.05) is 18.9 Å². The Bertz CT molecular complexity index is 1020. The summed E-state index contributed by atoms with van der Waals surface area (Å²) in [4.78, 5) is 3.43. The van der Waals surface area contributed by atoms with Crippen LogP contribution in [0.15, 0.2) is 42.5 Å². The minimum atomic E-state index is -3.37. The fourth-order valence-electron chi connectivity index (χ4n) is 3.35. The molecule has 144 valence electrons. The summed E-state index contributed by atoms with van der Waals surface area (Å²) in [5.74, 6) is 0.611. The Labute approximate surface area is 160 Å². The Hall–Kier alpha value is -2.31. The average molecular weight is 387 g/mol. The van der Waals surface area contributed by atoms with Gasteiger partial charge in [-0.05, 0) is 56.5 Å². The monoisotopic (exact) mass is 386 g/mol. The zero-order chi connectivity index (χ0) is 19.4. The van der Waals surface area contributed by atoms with Gasteiger partial charge >= 0.3 is 0 Å². The first-order chi connectivity index (χ1) is 12.9. The number of aromatic amines is 1. The van der Waals surface area contributed by atoms with Gasteiger partial charge in [0, 0.05) is 23.1 Å². The van der Waals surface area contributed by atoms with Crippen molar-refractivity contribution in [2.45, 2.75) is 27.2 Å². The number of fused-ring (bicyclic) bond motifs is 1. The highest BCUT2D eigenvalue weighted by Crippen LogP contribution is 2.26. The van der Waals surface area contributed by atoms with Crippen LogP contribution in [0.5, 0.6) is 5.75 Å². The lowest BCUT2D eigenvalue weighted by molar-refractivity contribution is 0.340. The molecule has 0 bridgehead atoms. The van der Waals surface area contributed by atoms with E-state index in [0.717, 1.165) is 11.2 Å². The van der Waals surface area contributed by atoms with Crippen LogP contribution in [0.1, 0.15) is 22.4 Å². The van der Waals surface area contributed by atoms with Crippen molar-refractivity contribution in [3.8, 4) is 5.75 Å². The lowest BCUT2D eigenvalue weighted by atomic mass is 10.0. The van der Waals surface area contributed by atoms with Gasteiger partial charge in [-0.15, -0.1) is 0 Å². The molecule has 1 aromatic heterocycles. The molecule has 1 heterocycles. The Morgan fingerprint density at radius 2 is 1.81 bits per heavy atom. The first-order valence-electron chi connectivity index (χ1n) is 9.09. The third-order valence-electron chi connectivity index (χ3n) is 4.63. The Balaban J connectivity index is 1.57. The van der Waals surface area contributed by atoms with E-state index in [0.29, 0.717) is 18.7 Å². The molecule has 0 spiro atoms. The molecule has 6 heteroatoms. The maximum atomic E-state index is 12.2. The number of aromatic nitrogens is 1. The highest BCUT2D eigenvalue weighted by Gasteiger charge is 2.14. The van der Waals surface area contributed by atoms with E-state index in [4.69, 9.17) is 4.74 Å². The van der Waals surface area contributed by atoms with E-state index in [1.807, 2.05) is 37.3 Å². The van der Waals surface area contributed by atoms with Crippen LogP contribution in [0.3, 0.4) is 0 Å². The Kier molecular flexibility index (Phi) is 5.87. The van der Waals surface area contributed by atoms with Gasteiger partial charge in [0.25, 0.3) is 0 Å². The molecule has 0 amide bonds. The molecule has 27 heavy (non-hydrogen) atoms. The summed E-state index contributed by atoms with van der Waals surface area (Å²) < 4.78 is 32.6. The number of rotatable bonds is 8. The number of H-pyrrole nitrogens is 1. The van der Waals surface area contributed by atoms with Crippen molar-refractivity contribution in [3.63, 3.8) is 0 Å². The predicted octanol–water partition coefficient (Wildman–Crippen LogP) is 3.63. The summed E-state index contributed by atoms with van der Waals surface area (Å²) in [7, 11) is -3.37. The second-order valence-electron chi connectivity index (χ2n) is 6.86. The number of aryl methyl sites for hydroxylation is 3. The second kappa shape index (κ2) is 8.15. The van der Waals surface area contributed by atoms with Crippen molar-refractivity contribution in [1.29, 1.82) is 0 Å². The van der Waals surface area contributed by atoms with Crippen molar-refractivity contribution in [1.82, 2.24) is 9.71 Å². The van der Waals surface area contributed by atoms with E-state index in [9.17, 15) is 8.42 Å². The van der Waals surface area contributed by atoms with Gasteiger partial charge in [0.05, 0.1) is 5.75 Å². The summed E-state index contributed by atoms with van der Waals surface area (Å²) in [6.45, 7) is 6.70. The van der Waals surface area contributed by atoms with Gasteiger partial charge < -0.3 is 9.72 Å². The van der Waals surface area contributed by atoms with Crippen molar-refractivity contribution in [2.24, 2.45) is 0 Å². The van der Waals surface area contributed by atoms with Gasteiger partial charge in [-0.3, -0.25) is 0 Å². The predicted molar refractivity (Wildman–Crippen MR) is 110 cm³/mol. The van der Waals surface area contributed by atoms with Gasteiger partial charge in [-0.2, -0.15) is 0 Å². The molecule has 0 fully saturated rings. The molecule has 0 unspecified atom stereocenters. The molecule has 0 atom stereocenters. The zero-order valence-electron chi connectivity index (χ0n) is 16.0. The molecule has 2 aromatic carbocycles. The smallest absolute Gasteiger partial charge is 0.214 e. The standard InChI is InChI=1S/C21H26N2O3S/c1-15-13-16(2)21-20(14-15)19(17(3)23-21)9-10-22-27(24,25)12-11-26-18-7-5-4-6-8-18/h4-8,13-14,22-23H,9-12H2,1-3H3. The zero-order valence-corrected chi connectivity index (χ0v) is 16.8. The van der Waals surface area contributed by atoms with Gasteiger partial charge in [-0.25, -0.2) is 13.1 Å². The van der Waals surface area contributed by atoms with E-state index >= 15 is 0 Å². The van der Waals surface area contributed by atoms with Crippen molar-refractivity contribution < 1.29 is 13.2 Å². The maximum absolute atomic E-state index is 12.2. The van der Waals surface area contributed by atoms with E-state index in [1.54, 1.807) is 0 Å². The van der Waals surface area contributed by atoms with Gasteiger partial charge in [0.1, 0.15) is 12.4 Å². The second-order valence-corrected chi connectivity index (χ2v) is 8.78. The number of hydrogen-bond donors (Lipinski definition) is 2. The first-order valence-corrected chi connectivity index (χ1v) is 10.7. The molecule has 3 aromatic rings. The molecular weight excluding hydrogens is 360 g/mol. The summed E-state index contributed by atoms with van der Waals surface area (Å²) >= 11 is 0. The largest absolute Gasteiger partial charge is 0.492 e. The minimum Gasteiger partial charge on any atom is -0.492 e. The molecule has 0 aliphatic rings. The topological polar surface area (TPSA) is 71.2 Å². The quantitative estimate of drug-likeness (QED) is 0.621. The highest BCUT2D eigenvalue weighted by molar-refractivity contribution is 7.89. The molecular formula is C21H26N2O3S. The molecule has 2 N–H and O–H groups in total. The van der Waals surface area contributed by atoms with Gasteiger partial charge in [-0.1, -0.05) is 29.8 Å². The molecule has 0 saturated carbocycles. The Morgan fingerprint density at radius 3 is 2.56 bits per heavy atom. The maximum Gasteiger partial charge on any atom is 0.214 e. The van der Waals surface area contributed by atoms with Crippen LogP contribution in [0, 0.1) is 20.8 Å². The van der Waals surface area contributed by atoms with Crippen LogP contribution in [-0.4, -0.2) is 32.3 Å². The molecule has 0 saturated heterocycles. The fraction of sp³-hybridized carbons (Fsp3) is 0.333. The third-order valence-corrected chi connectivity index (χ3v) is 5.98. The average Bonchev–Trinajstić information content (AvgIpc) is 2.92. The summed E-state index contributed by atoms with van der Waals surface area (Å²) in [6, 6.07) is 13.5.